The van der Waals surface area contributed by atoms with Crippen LogP contribution >= 0.6 is 0 Å². The molecule has 0 aliphatic rings. The van der Waals surface area contributed by atoms with Gasteiger partial charge in [-0.2, -0.15) is 5.10 Å². The minimum atomic E-state index is -1.18. The Bertz CT molecular complexity index is 803. The number of carbonyl (C=O) groups is 1. The van der Waals surface area contributed by atoms with Crippen molar-refractivity contribution in [1.29, 1.82) is 0 Å². The fraction of sp³-hybridized carbons (Fsp3) is 0. The van der Waals surface area contributed by atoms with E-state index in [0.717, 1.165) is 12.3 Å². The van der Waals surface area contributed by atoms with Crippen LogP contribution in [0.15, 0.2) is 43.1 Å². The first-order chi connectivity index (χ1) is 10.1. The Morgan fingerprint density at radius 2 is 2.00 bits per heavy atom. The smallest absolute Gasteiger partial charge is 0.339 e. The predicted octanol–water partition coefficient (Wildman–Crippen LogP) is 1.56. The Morgan fingerprint density at radius 1 is 1.24 bits per heavy atom. The molecule has 0 bridgehead atoms. The van der Waals surface area contributed by atoms with E-state index in [0.29, 0.717) is 0 Å². The molecule has 0 spiro atoms. The maximum atomic E-state index is 13.2. The van der Waals surface area contributed by atoms with Crippen molar-refractivity contribution < 1.29 is 14.3 Å². The third kappa shape index (κ3) is 2.46. The SMILES string of the molecule is O=C(O)c1cn(-c2ncccn2)nc1-c1cncc(F)c1. The molecule has 3 heterocycles. The third-order valence-electron chi connectivity index (χ3n) is 2.68. The van der Waals surface area contributed by atoms with Gasteiger partial charge in [-0.1, -0.05) is 0 Å². The lowest BCUT2D eigenvalue weighted by molar-refractivity contribution is 0.0697. The fourth-order valence-electron chi connectivity index (χ4n) is 1.80. The predicted molar refractivity (Wildman–Crippen MR) is 69.3 cm³/mol. The second-order valence-corrected chi connectivity index (χ2v) is 4.08. The zero-order valence-electron chi connectivity index (χ0n) is 10.5. The van der Waals surface area contributed by atoms with E-state index in [1.54, 1.807) is 6.07 Å². The first kappa shape index (κ1) is 12.9. The van der Waals surface area contributed by atoms with E-state index < -0.39 is 11.8 Å². The largest absolute Gasteiger partial charge is 0.478 e. The van der Waals surface area contributed by atoms with Crippen molar-refractivity contribution in [1.82, 2.24) is 24.7 Å². The van der Waals surface area contributed by atoms with Crippen LogP contribution < -0.4 is 0 Å². The van der Waals surface area contributed by atoms with Crippen LogP contribution in [0, 0.1) is 5.82 Å². The summed E-state index contributed by atoms with van der Waals surface area (Å²) in [5.41, 5.74) is 0.277. The standard InChI is InChI=1S/C13H8FN5O2/c14-9-4-8(5-15-6-9)11-10(12(20)21)7-19(18-11)13-16-2-1-3-17-13/h1-7H,(H,20,21). The summed E-state index contributed by atoms with van der Waals surface area (Å²) in [6, 6.07) is 2.79. The van der Waals surface area contributed by atoms with Crippen LogP contribution in [0.5, 0.6) is 0 Å². The molecule has 1 N–H and O–H groups in total. The molecule has 0 aromatic carbocycles. The normalized spacial score (nSPS) is 10.5. The number of carboxylic acid groups (broad SMARTS) is 1. The zero-order chi connectivity index (χ0) is 14.8. The van der Waals surface area contributed by atoms with Crippen LogP contribution in [0.4, 0.5) is 4.39 Å². The highest BCUT2D eigenvalue weighted by molar-refractivity contribution is 5.94. The molecule has 3 rings (SSSR count). The fourth-order valence-corrected chi connectivity index (χ4v) is 1.80. The van der Waals surface area contributed by atoms with Crippen LogP contribution in [0.25, 0.3) is 17.2 Å². The molecule has 0 atom stereocenters. The topological polar surface area (TPSA) is 93.8 Å². The third-order valence-corrected chi connectivity index (χ3v) is 2.68. The van der Waals surface area contributed by atoms with Crippen molar-refractivity contribution in [3.05, 3.63) is 54.5 Å². The molecule has 0 saturated heterocycles. The number of aromatic nitrogens is 5. The van der Waals surface area contributed by atoms with Crippen LogP contribution in [0.2, 0.25) is 0 Å². The van der Waals surface area contributed by atoms with E-state index in [-0.39, 0.29) is 22.8 Å². The molecule has 0 aliphatic carbocycles. The molecule has 0 fully saturated rings. The molecule has 8 heteroatoms. The van der Waals surface area contributed by atoms with E-state index in [4.69, 9.17) is 0 Å². The first-order valence-corrected chi connectivity index (χ1v) is 5.86. The number of pyridine rings is 1. The summed E-state index contributed by atoms with van der Waals surface area (Å²) in [4.78, 5) is 23.0. The summed E-state index contributed by atoms with van der Waals surface area (Å²) < 4.78 is 14.5. The molecular weight excluding hydrogens is 277 g/mol. The average Bonchev–Trinajstić information content (AvgIpc) is 2.93. The number of halogens is 1. The molecule has 3 aromatic heterocycles. The summed E-state index contributed by atoms with van der Waals surface area (Å²) in [7, 11) is 0. The summed E-state index contributed by atoms with van der Waals surface area (Å²) >= 11 is 0. The summed E-state index contributed by atoms with van der Waals surface area (Å²) in [6.45, 7) is 0. The van der Waals surface area contributed by atoms with Crippen molar-refractivity contribution in [2.75, 3.05) is 0 Å². The van der Waals surface area contributed by atoms with Gasteiger partial charge in [0.25, 0.3) is 0 Å². The van der Waals surface area contributed by atoms with Gasteiger partial charge in [0, 0.05) is 30.4 Å². The molecule has 0 amide bonds. The quantitative estimate of drug-likeness (QED) is 0.784. The number of nitrogens with zero attached hydrogens (tertiary/aromatic N) is 5. The van der Waals surface area contributed by atoms with Gasteiger partial charge in [0.2, 0.25) is 5.95 Å². The number of rotatable bonds is 3. The Morgan fingerprint density at radius 3 is 2.67 bits per heavy atom. The molecule has 0 aliphatic heterocycles. The van der Waals surface area contributed by atoms with Gasteiger partial charge < -0.3 is 5.11 Å². The molecule has 0 saturated carbocycles. The Hall–Kier alpha value is -3.16. The van der Waals surface area contributed by atoms with Gasteiger partial charge in [-0.05, 0) is 12.1 Å². The lowest BCUT2D eigenvalue weighted by Gasteiger charge is -1.98. The number of hydrogen-bond donors (Lipinski definition) is 1. The van der Waals surface area contributed by atoms with Crippen molar-refractivity contribution in [2.24, 2.45) is 0 Å². The molecule has 104 valence electrons. The molecular formula is C13H8FN5O2. The molecule has 7 nitrogen and oxygen atoms in total. The van der Waals surface area contributed by atoms with E-state index in [9.17, 15) is 14.3 Å². The van der Waals surface area contributed by atoms with Crippen molar-refractivity contribution >= 4 is 5.97 Å². The monoisotopic (exact) mass is 285 g/mol. The molecule has 0 radical (unpaired) electrons. The first-order valence-electron chi connectivity index (χ1n) is 5.86. The maximum Gasteiger partial charge on any atom is 0.339 e. The highest BCUT2D eigenvalue weighted by Gasteiger charge is 2.19. The van der Waals surface area contributed by atoms with Crippen molar-refractivity contribution in [3.63, 3.8) is 0 Å². The lowest BCUT2D eigenvalue weighted by Crippen LogP contribution is -2.00. The van der Waals surface area contributed by atoms with Gasteiger partial charge in [-0.3, -0.25) is 4.98 Å². The zero-order valence-corrected chi connectivity index (χ0v) is 10.5. The highest BCUT2D eigenvalue weighted by Crippen LogP contribution is 2.22. The van der Waals surface area contributed by atoms with Crippen LogP contribution in [-0.2, 0) is 0 Å². The van der Waals surface area contributed by atoms with E-state index in [1.165, 1.54) is 29.5 Å². The summed E-state index contributed by atoms with van der Waals surface area (Å²) in [5.74, 6) is -1.54. The number of aromatic carboxylic acids is 1. The Balaban J connectivity index is 2.16. The summed E-state index contributed by atoms with van der Waals surface area (Å²) in [5, 5.41) is 13.4. The van der Waals surface area contributed by atoms with Gasteiger partial charge in [-0.25, -0.2) is 23.8 Å². The van der Waals surface area contributed by atoms with E-state index in [2.05, 4.69) is 20.1 Å². The van der Waals surface area contributed by atoms with Crippen molar-refractivity contribution in [2.45, 2.75) is 0 Å². The van der Waals surface area contributed by atoms with Crippen LogP contribution in [0.3, 0.4) is 0 Å². The molecule has 0 unspecified atom stereocenters. The average molecular weight is 285 g/mol. The minimum Gasteiger partial charge on any atom is -0.478 e. The second kappa shape index (κ2) is 5.08. The van der Waals surface area contributed by atoms with E-state index >= 15 is 0 Å². The van der Waals surface area contributed by atoms with Gasteiger partial charge in [-0.15, -0.1) is 0 Å². The minimum absolute atomic E-state index is 0.0881. The van der Waals surface area contributed by atoms with Gasteiger partial charge in [0.15, 0.2) is 0 Å². The van der Waals surface area contributed by atoms with E-state index in [1.807, 2.05) is 0 Å². The maximum absolute atomic E-state index is 13.2. The lowest BCUT2D eigenvalue weighted by atomic mass is 10.1. The van der Waals surface area contributed by atoms with Crippen LogP contribution in [-0.4, -0.2) is 35.8 Å². The van der Waals surface area contributed by atoms with Crippen molar-refractivity contribution in [3.8, 4) is 17.2 Å². The highest BCUT2D eigenvalue weighted by atomic mass is 19.1. The number of hydrogen-bond acceptors (Lipinski definition) is 5. The van der Waals surface area contributed by atoms with Gasteiger partial charge >= 0.3 is 5.97 Å². The number of carboxylic acids is 1. The van der Waals surface area contributed by atoms with Crippen LogP contribution in [0.1, 0.15) is 10.4 Å². The second-order valence-electron chi connectivity index (χ2n) is 4.08. The Kier molecular flexibility index (Phi) is 3.11. The Labute approximate surface area is 117 Å². The van der Waals surface area contributed by atoms with Gasteiger partial charge in [0.05, 0.1) is 6.20 Å². The molecule has 21 heavy (non-hydrogen) atoms. The molecule has 3 aromatic rings. The van der Waals surface area contributed by atoms with Gasteiger partial charge in [0.1, 0.15) is 17.1 Å². The summed E-state index contributed by atoms with van der Waals surface area (Å²) in [6.07, 6.45) is 6.66.